The Morgan fingerprint density at radius 1 is 1.07 bits per heavy atom. The monoisotopic (exact) mass is 217 g/mol. The van der Waals surface area contributed by atoms with Crippen LogP contribution in [0, 0.1) is 11.3 Å². The third-order valence-corrected chi connectivity index (χ3v) is 3.10. The van der Waals surface area contributed by atoms with Gasteiger partial charge in [-0.25, -0.2) is 0 Å². The van der Waals surface area contributed by atoms with Crippen molar-refractivity contribution in [1.82, 2.24) is 5.32 Å². The highest BCUT2D eigenvalue weighted by Gasteiger charge is 2.22. The molecular formula is C12H27NO2. The topological polar surface area (TPSA) is 30.5 Å². The van der Waals surface area contributed by atoms with Crippen LogP contribution < -0.4 is 5.32 Å². The summed E-state index contributed by atoms with van der Waals surface area (Å²) >= 11 is 0. The van der Waals surface area contributed by atoms with E-state index < -0.39 is 0 Å². The summed E-state index contributed by atoms with van der Waals surface area (Å²) in [5, 5.41) is 3.44. The Morgan fingerprint density at radius 3 is 1.87 bits per heavy atom. The van der Waals surface area contributed by atoms with Crippen molar-refractivity contribution in [3.8, 4) is 0 Å². The lowest BCUT2D eigenvalue weighted by atomic mass is 9.82. The molecule has 92 valence electrons. The summed E-state index contributed by atoms with van der Waals surface area (Å²) in [6.07, 6.45) is -0.169. The fourth-order valence-electron chi connectivity index (χ4n) is 1.27. The van der Waals surface area contributed by atoms with Crippen molar-refractivity contribution in [3.63, 3.8) is 0 Å². The maximum absolute atomic E-state index is 5.19. The van der Waals surface area contributed by atoms with E-state index in [2.05, 4.69) is 39.9 Å². The molecule has 0 aromatic rings. The number of nitrogens with one attached hydrogen (secondary N) is 1. The highest BCUT2D eigenvalue weighted by molar-refractivity contribution is 4.74. The highest BCUT2D eigenvalue weighted by atomic mass is 16.7. The standard InChI is InChI=1S/C12H27NO2/c1-9(12(3,4)5)8-13-10(2)11(14-6)15-7/h9-11,13H,8H2,1-7H3. The van der Waals surface area contributed by atoms with Gasteiger partial charge in [0.25, 0.3) is 0 Å². The Balaban J connectivity index is 3.94. The van der Waals surface area contributed by atoms with E-state index in [-0.39, 0.29) is 12.3 Å². The van der Waals surface area contributed by atoms with Gasteiger partial charge < -0.3 is 14.8 Å². The average molecular weight is 217 g/mol. The molecule has 0 radical (unpaired) electrons. The van der Waals surface area contributed by atoms with Crippen LogP contribution in [0.1, 0.15) is 34.6 Å². The minimum Gasteiger partial charge on any atom is -0.354 e. The van der Waals surface area contributed by atoms with Crippen molar-refractivity contribution in [3.05, 3.63) is 0 Å². The lowest BCUT2D eigenvalue weighted by molar-refractivity contribution is -0.120. The zero-order valence-corrected chi connectivity index (χ0v) is 11.3. The molecule has 0 aromatic heterocycles. The van der Waals surface area contributed by atoms with Crippen molar-refractivity contribution < 1.29 is 9.47 Å². The number of ether oxygens (including phenoxy) is 2. The third kappa shape index (κ3) is 5.50. The van der Waals surface area contributed by atoms with Gasteiger partial charge in [-0.15, -0.1) is 0 Å². The van der Waals surface area contributed by atoms with E-state index in [9.17, 15) is 0 Å². The first-order valence-corrected chi connectivity index (χ1v) is 5.62. The van der Waals surface area contributed by atoms with Gasteiger partial charge in [0.1, 0.15) is 0 Å². The Kier molecular flexibility index (Phi) is 6.41. The Morgan fingerprint density at radius 2 is 1.53 bits per heavy atom. The van der Waals surface area contributed by atoms with E-state index >= 15 is 0 Å². The maximum atomic E-state index is 5.19. The molecule has 15 heavy (non-hydrogen) atoms. The predicted octanol–water partition coefficient (Wildman–Crippen LogP) is 2.27. The molecule has 0 bridgehead atoms. The number of hydrogen-bond acceptors (Lipinski definition) is 3. The van der Waals surface area contributed by atoms with E-state index in [1.807, 2.05) is 0 Å². The molecule has 2 unspecified atom stereocenters. The largest absolute Gasteiger partial charge is 0.354 e. The van der Waals surface area contributed by atoms with Crippen LogP contribution in [0.25, 0.3) is 0 Å². The van der Waals surface area contributed by atoms with Gasteiger partial charge in [-0.1, -0.05) is 27.7 Å². The summed E-state index contributed by atoms with van der Waals surface area (Å²) in [4.78, 5) is 0. The first-order chi connectivity index (χ1) is 6.82. The average Bonchev–Trinajstić information content (AvgIpc) is 2.14. The van der Waals surface area contributed by atoms with Crippen molar-refractivity contribution in [1.29, 1.82) is 0 Å². The maximum Gasteiger partial charge on any atom is 0.171 e. The van der Waals surface area contributed by atoms with E-state index in [4.69, 9.17) is 9.47 Å². The van der Waals surface area contributed by atoms with E-state index in [0.717, 1.165) is 6.54 Å². The van der Waals surface area contributed by atoms with Crippen LogP contribution in [0.5, 0.6) is 0 Å². The molecule has 0 rings (SSSR count). The Labute approximate surface area is 94.5 Å². The highest BCUT2D eigenvalue weighted by Crippen LogP contribution is 2.24. The van der Waals surface area contributed by atoms with Gasteiger partial charge >= 0.3 is 0 Å². The molecule has 0 spiro atoms. The first-order valence-electron chi connectivity index (χ1n) is 5.62. The number of methoxy groups -OCH3 is 2. The van der Waals surface area contributed by atoms with E-state index in [1.165, 1.54) is 0 Å². The lowest BCUT2D eigenvalue weighted by Gasteiger charge is -2.30. The zero-order valence-electron chi connectivity index (χ0n) is 11.3. The van der Waals surface area contributed by atoms with Crippen LogP contribution in [-0.4, -0.2) is 33.1 Å². The van der Waals surface area contributed by atoms with Crippen LogP contribution in [0.15, 0.2) is 0 Å². The molecule has 0 aromatic carbocycles. The van der Waals surface area contributed by atoms with Crippen LogP contribution >= 0.6 is 0 Å². The molecule has 3 heteroatoms. The second-order valence-electron chi connectivity index (χ2n) is 5.30. The quantitative estimate of drug-likeness (QED) is 0.692. The first kappa shape index (κ1) is 14.9. The van der Waals surface area contributed by atoms with E-state index in [1.54, 1.807) is 14.2 Å². The fourth-order valence-corrected chi connectivity index (χ4v) is 1.27. The summed E-state index contributed by atoms with van der Waals surface area (Å²) < 4.78 is 10.4. The predicted molar refractivity (Wildman–Crippen MR) is 63.9 cm³/mol. The molecule has 1 N–H and O–H groups in total. The number of hydrogen-bond donors (Lipinski definition) is 1. The van der Waals surface area contributed by atoms with Crippen molar-refractivity contribution in [2.75, 3.05) is 20.8 Å². The van der Waals surface area contributed by atoms with Crippen molar-refractivity contribution in [2.45, 2.75) is 47.0 Å². The molecule has 0 fully saturated rings. The summed E-state index contributed by atoms with van der Waals surface area (Å²) in [6, 6.07) is 0.213. The van der Waals surface area contributed by atoms with Crippen LogP contribution in [0.3, 0.4) is 0 Å². The number of rotatable bonds is 6. The smallest absolute Gasteiger partial charge is 0.171 e. The SMILES string of the molecule is COC(OC)C(C)NCC(C)C(C)(C)C. The summed E-state index contributed by atoms with van der Waals surface area (Å²) in [5.74, 6) is 0.620. The van der Waals surface area contributed by atoms with E-state index in [0.29, 0.717) is 11.3 Å². The molecule has 2 atom stereocenters. The Hall–Kier alpha value is -0.120. The molecule has 0 heterocycles. The molecule has 0 aliphatic rings. The lowest BCUT2D eigenvalue weighted by Crippen LogP contribution is -2.43. The third-order valence-electron chi connectivity index (χ3n) is 3.10. The van der Waals surface area contributed by atoms with Gasteiger partial charge in [0.15, 0.2) is 6.29 Å². The Bertz CT molecular complexity index is 161. The van der Waals surface area contributed by atoms with Gasteiger partial charge in [0.05, 0.1) is 6.04 Å². The molecule has 0 saturated heterocycles. The van der Waals surface area contributed by atoms with Gasteiger partial charge in [0, 0.05) is 14.2 Å². The molecule has 0 saturated carbocycles. The zero-order chi connectivity index (χ0) is 12.1. The normalized spacial score (nSPS) is 16.8. The molecule has 0 aliphatic heterocycles. The van der Waals surface area contributed by atoms with Crippen LogP contribution in [0.4, 0.5) is 0 Å². The molecular weight excluding hydrogens is 190 g/mol. The second kappa shape index (κ2) is 6.46. The second-order valence-corrected chi connectivity index (χ2v) is 5.30. The minimum absolute atomic E-state index is 0.169. The summed E-state index contributed by atoms with van der Waals surface area (Å²) in [7, 11) is 3.33. The molecule has 0 amide bonds. The fraction of sp³-hybridized carbons (Fsp3) is 1.00. The van der Waals surface area contributed by atoms with Gasteiger partial charge in [-0.3, -0.25) is 0 Å². The molecule has 0 aliphatic carbocycles. The van der Waals surface area contributed by atoms with Crippen molar-refractivity contribution >= 4 is 0 Å². The summed E-state index contributed by atoms with van der Waals surface area (Å²) in [5.41, 5.74) is 0.336. The minimum atomic E-state index is -0.169. The van der Waals surface area contributed by atoms with Gasteiger partial charge in [0.2, 0.25) is 0 Å². The molecule has 3 nitrogen and oxygen atoms in total. The van der Waals surface area contributed by atoms with Gasteiger partial charge in [-0.2, -0.15) is 0 Å². The van der Waals surface area contributed by atoms with Crippen molar-refractivity contribution in [2.24, 2.45) is 11.3 Å². The van der Waals surface area contributed by atoms with Gasteiger partial charge in [-0.05, 0) is 24.8 Å². The summed E-state index contributed by atoms with van der Waals surface area (Å²) in [6.45, 7) is 12.1. The van der Waals surface area contributed by atoms with Crippen LogP contribution in [0.2, 0.25) is 0 Å². The van der Waals surface area contributed by atoms with Crippen LogP contribution in [-0.2, 0) is 9.47 Å².